The second-order valence-electron chi connectivity index (χ2n) is 6.48. The van der Waals surface area contributed by atoms with Crippen LogP contribution in [0.4, 0.5) is 0 Å². The van der Waals surface area contributed by atoms with Gasteiger partial charge in [-0.2, -0.15) is 0 Å². The Morgan fingerprint density at radius 1 is 1.11 bits per heavy atom. The van der Waals surface area contributed by atoms with Gasteiger partial charge in [-0.25, -0.2) is 0 Å². The standard InChI is InChI=1S/C17H27NO/c1-12-8-13(2)10-17(9-12)19-16-6-4-15(5-7-16)11-14(3)18/h4-7,12-14,17H,8-11,18H2,1-3H3. The molecule has 3 atom stereocenters. The van der Waals surface area contributed by atoms with Crippen molar-refractivity contribution < 1.29 is 4.74 Å². The fraction of sp³-hybridized carbons (Fsp3) is 0.647. The van der Waals surface area contributed by atoms with Gasteiger partial charge in [0.25, 0.3) is 0 Å². The summed E-state index contributed by atoms with van der Waals surface area (Å²) in [6.07, 6.45) is 5.03. The number of hydrogen-bond acceptors (Lipinski definition) is 2. The van der Waals surface area contributed by atoms with Crippen molar-refractivity contribution in [3.05, 3.63) is 29.8 Å². The van der Waals surface area contributed by atoms with E-state index in [1.807, 2.05) is 6.92 Å². The lowest BCUT2D eigenvalue weighted by Gasteiger charge is -2.31. The number of hydrogen-bond donors (Lipinski definition) is 1. The van der Waals surface area contributed by atoms with E-state index in [1.165, 1.54) is 24.8 Å². The zero-order chi connectivity index (χ0) is 13.8. The predicted octanol–water partition coefficient (Wildman–Crippen LogP) is 3.78. The molecule has 0 amide bonds. The molecule has 1 aliphatic rings. The molecule has 0 bridgehead atoms. The number of ether oxygens (including phenoxy) is 1. The first-order valence-electron chi connectivity index (χ1n) is 7.54. The average Bonchev–Trinajstić information content (AvgIpc) is 2.29. The second-order valence-corrected chi connectivity index (χ2v) is 6.48. The number of rotatable bonds is 4. The minimum Gasteiger partial charge on any atom is -0.490 e. The molecule has 0 aromatic heterocycles. The van der Waals surface area contributed by atoms with Crippen LogP contribution in [0.15, 0.2) is 24.3 Å². The van der Waals surface area contributed by atoms with Crippen LogP contribution in [0.5, 0.6) is 5.75 Å². The Morgan fingerprint density at radius 3 is 2.21 bits per heavy atom. The van der Waals surface area contributed by atoms with Crippen molar-refractivity contribution in [2.75, 3.05) is 0 Å². The Labute approximate surface area is 117 Å². The molecule has 19 heavy (non-hydrogen) atoms. The van der Waals surface area contributed by atoms with Crippen molar-refractivity contribution in [2.24, 2.45) is 17.6 Å². The molecule has 3 unspecified atom stereocenters. The van der Waals surface area contributed by atoms with Crippen molar-refractivity contribution in [3.63, 3.8) is 0 Å². The van der Waals surface area contributed by atoms with Gasteiger partial charge in [0.2, 0.25) is 0 Å². The fourth-order valence-corrected chi connectivity index (χ4v) is 3.24. The Morgan fingerprint density at radius 2 is 1.68 bits per heavy atom. The summed E-state index contributed by atoms with van der Waals surface area (Å²) in [5, 5.41) is 0. The van der Waals surface area contributed by atoms with Gasteiger partial charge in [0.1, 0.15) is 5.75 Å². The van der Waals surface area contributed by atoms with E-state index in [0.717, 1.165) is 24.0 Å². The van der Waals surface area contributed by atoms with Gasteiger partial charge in [0.15, 0.2) is 0 Å². The maximum Gasteiger partial charge on any atom is 0.119 e. The minimum atomic E-state index is 0.215. The summed E-state index contributed by atoms with van der Waals surface area (Å²) >= 11 is 0. The Bertz CT molecular complexity index is 375. The molecule has 106 valence electrons. The first-order chi connectivity index (χ1) is 9.02. The molecule has 2 rings (SSSR count). The minimum absolute atomic E-state index is 0.215. The molecule has 1 fully saturated rings. The lowest BCUT2D eigenvalue weighted by atomic mass is 9.82. The topological polar surface area (TPSA) is 35.2 Å². The van der Waals surface area contributed by atoms with E-state index in [0.29, 0.717) is 6.10 Å². The third-order valence-electron chi connectivity index (χ3n) is 3.92. The molecule has 0 saturated heterocycles. The van der Waals surface area contributed by atoms with Gasteiger partial charge in [0, 0.05) is 6.04 Å². The quantitative estimate of drug-likeness (QED) is 0.895. The van der Waals surface area contributed by atoms with Gasteiger partial charge in [-0.1, -0.05) is 26.0 Å². The summed E-state index contributed by atoms with van der Waals surface area (Å²) in [7, 11) is 0. The summed E-state index contributed by atoms with van der Waals surface area (Å²) in [5.74, 6) is 2.57. The molecule has 1 aromatic rings. The highest BCUT2D eigenvalue weighted by atomic mass is 16.5. The smallest absolute Gasteiger partial charge is 0.119 e. The van der Waals surface area contributed by atoms with E-state index < -0.39 is 0 Å². The van der Waals surface area contributed by atoms with Crippen LogP contribution in [-0.4, -0.2) is 12.1 Å². The number of nitrogens with two attached hydrogens (primary N) is 1. The van der Waals surface area contributed by atoms with Gasteiger partial charge >= 0.3 is 0 Å². The van der Waals surface area contributed by atoms with Crippen LogP contribution in [0.25, 0.3) is 0 Å². The third-order valence-corrected chi connectivity index (χ3v) is 3.92. The van der Waals surface area contributed by atoms with Crippen LogP contribution in [0.2, 0.25) is 0 Å². The lowest BCUT2D eigenvalue weighted by Crippen LogP contribution is -2.28. The molecule has 1 saturated carbocycles. The highest BCUT2D eigenvalue weighted by Gasteiger charge is 2.25. The molecule has 2 N–H and O–H groups in total. The molecule has 2 heteroatoms. The molecule has 1 aromatic carbocycles. The lowest BCUT2D eigenvalue weighted by molar-refractivity contribution is 0.101. The van der Waals surface area contributed by atoms with E-state index >= 15 is 0 Å². The van der Waals surface area contributed by atoms with E-state index in [9.17, 15) is 0 Å². The zero-order valence-corrected chi connectivity index (χ0v) is 12.4. The van der Waals surface area contributed by atoms with Gasteiger partial charge in [-0.3, -0.25) is 0 Å². The summed E-state index contributed by atoms with van der Waals surface area (Å²) in [6.45, 7) is 6.70. The maximum absolute atomic E-state index is 6.12. The molecular formula is C17H27NO. The molecular weight excluding hydrogens is 234 g/mol. The first-order valence-corrected chi connectivity index (χ1v) is 7.54. The maximum atomic E-state index is 6.12. The predicted molar refractivity (Wildman–Crippen MR) is 80.4 cm³/mol. The number of benzene rings is 1. The van der Waals surface area contributed by atoms with Crippen molar-refractivity contribution in [2.45, 2.75) is 58.6 Å². The second kappa shape index (κ2) is 6.42. The third kappa shape index (κ3) is 4.54. The highest BCUT2D eigenvalue weighted by molar-refractivity contribution is 5.28. The first kappa shape index (κ1) is 14.4. The van der Waals surface area contributed by atoms with E-state index in [-0.39, 0.29) is 6.04 Å². The van der Waals surface area contributed by atoms with Crippen molar-refractivity contribution in [1.82, 2.24) is 0 Å². The normalized spacial score (nSPS) is 28.9. The molecule has 0 heterocycles. The fourth-order valence-electron chi connectivity index (χ4n) is 3.24. The Kier molecular flexibility index (Phi) is 4.87. The van der Waals surface area contributed by atoms with Crippen LogP contribution >= 0.6 is 0 Å². The van der Waals surface area contributed by atoms with Crippen molar-refractivity contribution >= 4 is 0 Å². The molecule has 2 nitrogen and oxygen atoms in total. The van der Waals surface area contributed by atoms with Crippen LogP contribution < -0.4 is 10.5 Å². The average molecular weight is 261 g/mol. The van der Waals surface area contributed by atoms with Crippen LogP contribution in [0, 0.1) is 11.8 Å². The van der Waals surface area contributed by atoms with Gasteiger partial charge in [0.05, 0.1) is 6.10 Å². The summed E-state index contributed by atoms with van der Waals surface area (Å²) in [4.78, 5) is 0. The van der Waals surface area contributed by atoms with Crippen LogP contribution in [-0.2, 0) is 6.42 Å². The van der Waals surface area contributed by atoms with Crippen LogP contribution in [0.1, 0.15) is 45.6 Å². The van der Waals surface area contributed by atoms with E-state index in [2.05, 4.69) is 38.1 Å². The highest BCUT2D eigenvalue weighted by Crippen LogP contribution is 2.31. The van der Waals surface area contributed by atoms with Gasteiger partial charge < -0.3 is 10.5 Å². The SMILES string of the molecule is CC(N)Cc1ccc(OC2CC(C)CC(C)C2)cc1. The van der Waals surface area contributed by atoms with Crippen LogP contribution in [0.3, 0.4) is 0 Å². The largest absolute Gasteiger partial charge is 0.490 e. The van der Waals surface area contributed by atoms with E-state index in [4.69, 9.17) is 10.5 Å². The van der Waals surface area contributed by atoms with Gasteiger partial charge in [-0.05, 0) is 62.1 Å². The van der Waals surface area contributed by atoms with Crippen molar-refractivity contribution in [3.8, 4) is 5.75 Å². The zero-order valence-electron chi connectivity index (χ0n) is 12.4. The monoisotopic (exact) mass is 261 g/mol. The molecule has 0 radical (unpaired) electrons. The Balaban J connectivity index is 1.92. The van der Waals surface area contributed by atoms with Crippen molar-refractivity contribution in [1.29, 1.82) is 0 Å². The summed E-state index contributed by atoms with van der Waals surface area (Å²) in [5.41, 5.74) is 7.10. The molecule has 0 aliphatic heterocycles. The van der Waals surface area contributed by atoms with E-state index in [1.54, 1.807) is 0 Å². The summed E-state index contributed by atoms with van der Waals surface area (Å²) < 4.78 is 6.12. The molecule has 1 aliphatic carbocycles. The molecule has 0 spiro atoms. The summed E-state index contributed by atoms with van der Waals surface area (Å²) in [6, 6.07) is 8.65. The Hall–Kier alpha value is -1.02. The van der Waals surface area contributed by atoms with Gasteiger partial charge in [-0.15, -0.1) is 0 Å².